The van der Waals surface area contributed by atoms with Crippen molar-refractivity contribution in [1.29, 1.82) is 0 Å². The van der Waals surface area contributed by atoms with Gasteiger partial charge in [-0.25, -0.2) is 13.8 Å². The second-order valence-corrected chi connectivity index (χ2v) is 11.4. The van der Waals surface area contributed by atoms with Gasteiger partial charge in [0.2, 0.25) is 5.91 Å². The number of carbonyl (C=O) groups is 2. The number of aryl methyl sites for hydroxylation is 1. The number of hydrogen-bond donors (Lipinski definition) is 3. The Kier molecular flexibility index (Phi) is 9.39. The van der Waals surface area contributed by atoms with E-state index in [4.69, 9.17) is 15.6 Å². The molecule has 4 heterocycles. The fraction of sp³-hybridized carbons (Fsp3) is 0.229. The van der Waals surface area contributed by atoms with Gasteiger partial charge in [-0.2, -0.15) is 5.10 Å². The molecule has 0 bridgehead atoms. The highest BCUT2D eigenvalue weighted by Gasteiger charge is 2.22. The number of amides is 2. The third-order valence-corrected chi connectivity index (χ3v) is 7.98. The van der Waals surface area contributed by atoms with E-state index in [1.54, 1.807) is 10.9 Å². The Labute approximate surface area is 274 Å². The SMILES string of the molecule is C[C@@H]1CCn2nc(-c3ccc(NC(=O)c4cccn(-c5ccc(F)cc5)c4=O)cc3F)c3c(N)ncc(c32)/C=C/CCOCCC(=O)N1. The summed E-state index contributed by atoms with van der Waals surface area (Å²) in [7, 11) is 0. The zero-order valence-corrected chi connectivity index (χ0v) is 26.1. The fourth-order valence-corrected chi connectivity index (χ4v) is 5.55. The van der Waals surface area contributed by atoms with Gasteiger partial charge in [-0.15, -0.1) is 0 Å². The van der Waals surface area contributed by atoms with Gasteiger partial charge in [0.15, 0.2) is 0 Å². The van der Waals surface area contributed by atoms with Crippen molar-refractivity contribution in [2.45, 2.75) is 38.8 Å². The third-order valence-electron chi connectivity index (χ3n) is 7.98. The standard InChI is InChI=1S/C35H33F2N7O4/c1-21-13-16-44-32-22(5-2-3-17-48-18-14-29(45)40-21)20-39-33(38)30(32)31(42-44)26-12-9-24(19-28(26)37)41-34(46)27-6-4-15-43(35(27)47)25-10-7-23(36)8-11-25/h2,4-12,15,19-21H,3,13-14,16-18H2,1H3,(H2,38,39)(H,40,45)(H,41,46)/b5-2+/t21-/m1/s1. The Morgan fingerprint density at radius 3 is 2.71 bits per heavy atom. The van der Waals surface area contributed by atoms with Crippen molar-refractivity contribution < 1.29 is 23.1 Å². The lowest BCUT2D eigenvalue weighted by Crippen LogP contribution is -2.34. The van der Waals surface area contributed by atoms with Crippen LogP contribution in [0.1, 0.15) is 42.1 Å². The monoisotopic (exact) mass is 653 g/mol. The zero-order valence-electron chi connectivity index (χ0n) is 26.1. The molecule has 0 saturated carbocycles. The Hall–Kier alpha value is -5.69. The molecular formula is C35H33F2N7O4. The first-order valence-corrected chi connectivity index (χ1v) is 15.5. The molecule has 2 aromatic carbocycles. The molecule has 0 unspecified atom stereocenters. The normalized spacial score (nSPS) is 16.5. The number of pyridine rings is 2. The summed E-state index contributed by atoms with van der Waals surface area (Å²) in [6, 6.07) is 12.1. The Balaban J connectivity index is 1.32. The maximum atomic E-state index is 15.9. The number of hydrogen-bond acceptors (Lipinski definition) is 7. The number of aromatic nitrogens is 4. The van der Waals surface area contributed by atoms with Crippen LogP contribution in [0.4, 0.5) is 20.3 Å². The van der Waals surface area contributed by atoms with E-state index in [1.807, 2.05) is 19.1 Å². The first-order chi connectivity index (χ1) is 23.2. The molecule has 6 rings (SSSR count). The van der Waals surface area contributed by atoms with Crippen LogP contribution in [-0.4, -0.2) is 50.4 Å². The van der Waals surface area contributed by atoms with Crippen molar-refractivity contribution in [1.82, 2.24) is 24.6 Å². The number of nitrogen functional groups attached to an aromatic ring is 1. The predicted molar refractivity (Wildman–Crippen MR) is 179 cm³/mol. The molecule has 11 nitrogen and oxygen atoms in total. The smallest absolute Gasteiger partial charge is 0.267 e. The first-order valence-electron chi connectivity index (χ1n) is 15.5. The van der Waals surface area contributed by atoms with Crippen molar-refractivity contribution in [3.8, 4) is 16.9 Å². The van der Waals surface area contributed by atoms with Gasteiger partial charge in [0.1, 0.15) is 28.7 Å². The van der Waals surface area contributed by atoms with Crippen LogP contribution in [0.3, 0.4) is 0 Å². The molecule has 5 aromatic rings. The van der Waals surface area contributed by atoms with E-state index in [2.05, 4.69) is 15.6 Å². The largest absolute Gasteiger partial charge is 0.383 e. The van der Waals surface area contributed by atoms with Crippen LogP contribution in [0, 0.1) is 11.6 Å². The number of halogens is 2. The van der Waals surface area contributed by atoms with Gasteiger partial charge in [0.05, 0.1) is 24.1 Å². The number of rotatable bonds is 4. The Morgan fingerprint density at radius 1 is 1.10 bits per heavy atom. The van der Waals surface area contributed by atoms with Gasteiger partial charge in [-0.3, -0.25) is 23.6 Å². The maximum absolute atomic E-state index is 15.9. The van der Waals surface area contributed by atoms with Crippen LogP contribution in [0.15, 0.2) is 77.9 Å². The predicted octanol–water partition coefficient (Wildman–Crippen LogP) is 5.08. The van der Waals surface area contributed by atoms with Gasteiger partial charge in [-0.1, -0.05) is 12.2 Å². The zero-order chi connectivity index (χ0) is 33.8. The summed E-state index contributed by atoms with van der Waals surface area (Å²) in [6.45, 7) is 3.09. The molecule has 3 aromatic heterocycles. The van der Waals surface area contributed by atoms with Crippen molar-refractivity contribution in [3.63, 3.8) is 0 Å². The van der Waals surface area contributed by atoms with Gasteiger partial charge in [0, 0.05) is 53.9 Å². The van der Waals surface area contributed by atoms with Crippen molar-refractivity contribution >= 4 is 40.3 Å². The highest BCUT2D eigenvalue weighted by atomic mass is 19.1. The van der Waals surface area contributed by atoms with Crippen LogP contribution < -0.4 is 21.9 Å². The fourth-order valence-electron chi connectivity index (χ4n) is 5.55. The molecule has 48 heavy (non-hydrogen) atoms. The molecule has 0 fully saturated rings. The highest BCUT2D eigenvalue weighted by Crippen LogP contribution is 2.36. The average Bonchev–Trinajstić information content (AvgIpc) is 3.44. The van der Waals surface area contributed by atoms with Crippen LogP contribution >= 0.6 is 0 Å². The minimum absolute atomic E-state index is 0.104. The molecule has 0 aliphatic carbocycles. The number of anilines is 2. The molecule has 1 aliphatic heterocycles. The molecule has 1 atom stereocenters. The Bertz CT molecular complexity index is 2090. The first kappa shape index (κ1) is 32.3. The average molecular weight is 654 g/mol. The minimum atomic E-state index is -0.741. The van der Waals surface area contributed by atoms with Crippen LogP contribution in [-0.2, 0) is 16.1 Å². The van der Waals surface area contributed by atoms with E-state index in [-0.39, 0.29) is 46.7 Å². The van der Waals surface area contributed by atoms with Gasteiger partial charge >= 0.3 is 0 Å². The van der Waals surface area contributed by atoms with E-state index >= 15 is 4.39 Å². The van der Waals surface area contributed by atoms with Crippen LogP contribution in [0.2, 0.25) is 0 Å². The second-order valence-electron chi connectivity index (χ2n) is 11.4. The molecular weight excluding hydrogens is 620 g/mol. The lowest BCUT2D eigenvalue weighted by atomic mass is 10.0. The highest BCUT2D eigenvalue weighted by molar-refractivity contribution is 6.05. The van der Waals surface area contributed by atoms with E-state index in [1.165, 1.54) is 59.3 Å². The van der Waals surface area contributed by atoms with E-state index < -0.39 is 23.1 Å². The summed E-state index contributed by atoms with van der Waals surface area (Å²) in [6.07, 6.45) is 8.36. The summed E-state index contributed by atoms with van der Waals surface area (Å²) < 4.78 is 37.8. The number of carbonyl (C=O) groups excluding carboxylic acids is 2. The molecule has 0 radical (unpaired) electrons. The lowest BCUT2D eigenvalue weighted by Gasteiger charge is -2.14. The van der Waals surface area contributed by atoms with E-state index in [0.717, 1.165) is 11.6 Å². The third kappa shape index (κ3) is 6.86. The Morgan fingerprint density at radius 2 is 1.92 bits per heavy atom. The van der Waals surface area contributed by atoms with Crippen molar-refractivity contribution in [2.75, 3.05) is 24.3 Å². The van der Waals surface area contributed by atoms with Gasteiger partial charge in [0.25, 0.3) is 11.5 Å². The molecule has 2 amide bonds. The quantitative estimate of drug-likeness (QED) is 0.245. The molecule has 13 heteroatoms. The summed E-state index contributed by atoms with van der Waals surface area (Å²) in [5.74, 6) is -1.82. The second kappa shape index (κ2) is 14.0. The maximum Gasteiger partial charge on any atom is 0.267 e. The number of nitrogens with one attached hydrogen (secondary N) is 2. The number of nitrogens with two attached hydrogens (primary N) is 1. The summed E-state index contributed by atoms with van der Waals surface area (Å²) >= 11 is 0. The van der Waals surface area contributed by atoms with Gasteiger partial charge in [-0.05, 0) is 74.4 Å². The molecule has 1 aliphatic rings. The summed E-state index contributed by atoms with van der Waals surface area (Å²) in [4.78, 5) is 42.9. The van der Waals surface area contributed by atoms with E-state index in [0.29, 0.717) is 49.2 Å². The van der Waals surface area contributed by atoms with Crippen LogP contribution in [0.5, 0.6) is 0 Å². The lowest BCUT2D eigenvalue weighted by molar-refractivity contribution is -0.122. The van der Waals surface area contributed by atoms with Crippen molar-refractivity contribution in [3.05, 3.63) is 106 Å². The molecule has 0 saturated heterocycles. The summed E-state index contributed by atoms with van der Waals surface area (Å²) in [5, 5.41) is 10.8. The topological polar surface area (TPSA) is 146 Å². The minimum Gasteiger partial charge on any atom is -0.383 e. The number of ether oxygens (including phenoxy) is 1. The summed E-state index contributed by atoms with van der Waals surface area (Å²) in [5.41, 5.74) is 7.88. The number of nitrogens with zero attached hydrogens (tertiary/aromatic N) is 4. The van der Waals surface area contributed by atoms with Gasteiger partial charge < -0.3 is 21.1 Å². The van der Waals surface area contributed by atoms with E-state index in [9.17, 15) is 18.8 Å². The van der Waals surface area contributed by atoms with Crippen molar-refractivity contribution in [2.24, 2.45) is 0 Å². The van der Waals surface area contributed by atoms with Crippen LogP contribution in [0.25, 0.3) is 33.9 Å². The molecule has 0 spiro atoms. The molecule has 246 valence electrons. The molecule has 4 N–H and O–H groups in total. The number of benzene rings is 2.